The highest BCUT2D eigenvalue weighted by atomic mass is 19.4. The van der Waals surface area contributed by atoms with E-state index in [1.165, 1.54) is 13.0 Å². The van der Waals surface area contributed by atoms with Crippen LogP contribution in [0.4, 0.5) is 50.0 Å². The predicted octanol–water partition coefficient (Wildman–Crippen LogP) is 9.40. The van der Waals surface area contributed by atoms with Crippen molar-refractivity contribution in [3.63, 3.8) is 0 Å². The Kier molecular flexibility index (Phi) is 12.2. The van der Waals surface area contributed by atoms with Gasteiger partial charge >= 0.3 is 24.6 Å². The number of halogens is 9. The minimum atomic E-state index is -5.10. The van der Waals surface area contributed by atoms with Gasteiger partial charge in [0, 0.05) is 12.2 Å². The molecule has 0 bridgehead atoms. The van der Waals surface area contributed by atoms with Crippen molar-refractivity contribution in [3.8, 4) is 0 Å². The summed E-state index contributed by atoms with van der Waals surface area (Å²) in [5.74, 6) is 0. The fourth-order valence-corrected chi connectivity index (χ4v) is 4.66. The molecule has 1 amide bonds. The van der Waals surface area contributed by atoms with E-state index in [4.69, 9.17) is 4.74 Å². The van der Waals surface area contributed by atoms with Gasteiger partial charge in [-0.15, -0.1) is 0 Å². The molecule has 3 aromatic rings. The summed E-state index contributed by atoms with van der Waals surface area (Å²) in [5.41, 5.74) is -3.27. The quantitative estimate of drug-likeness (QED) is 0.132. The summed E-state index contributed by atoms with van der Waals surface area (Å²) >= 11 is 0. The molecule has 15 heteroatoms. The molecule has 0 radical (unpaired) electrons. The number of rotatable bonds is 10. The van der Waals surface area contributed by atoms with Gasteiger partial charge < -0.3 is 14.8 Å². The number of cyclic esters (lactones) is 1. The molecule has 0 aliphatic carbocycles. The molecule has 1 fully saturated rings. The Morgan fingerprint density at radius 1 is 0.851 bits per heavy atom. The molecule has 47 heavy (non-hydrogen) atoms. The van der Waals surface area contributed by atoms with Crippen molar-refractivity contribution in [1.82, 2.24) is 4.90 Å². The number of hydrogen-bond donors (Lipinski definition) is 1. The normalized spacial score (nSPS) is 16.7. The molecule has 0 saturated carbocycles. The summed E-state index contributed by atoms with van der Waals surface area (Å²) in [4.78, 5) is 23.3. The highest BCUT2D eigenvalue weighted by Gasteiger charge is 2.43. The molecule has 4 rings (SSSR count). The maximum Gasteiger partial charge on any atom is 0.416 e. The second kappa shape index (κ2) is 15.4. The van der Waals surface area contributed by atoms with E-state index in [0.29, 0.717) is 43.9 Å². The van der Waals surface area contributed by atoms with Gasteiger partial charge in [0.25, 0.3) is 6.47 Å². The third kappa shape index (κ3) is 10.3. The first-order chi connectivity index (χ1) is 22.0. The Morgan fingerprint density at radius 2 is 1.45 bits per heavy atom. The van der Waals surface area contributed by atoms with Crippen molar-refractivity contribution in [2.75, 3.05) is 11.9 Å². The summed E-state index contributed by atoms with van der Waals surface area (Å²) in [5, 5.41) is 2.99. The van der Waals surface area contributed by atoms with Gasteiger partial charge in [0.15, 0.2) is 0 Å². The zero-order chi connectivity index (χ0) is 35.0. The molecule has 6 nitrogen and oxygen atoms in total. The first-order valence-corrected chi connectivity index (χ1v) is 14.3. The van der Waals surface area contributed by atoms with E-state index < -0.39 is 65.6 Å². The molecule has 1 aliphatic heterocycles. The van der Waals surface area contributed by atoms with Crippen LogP contribution in [0, 0.1) is 0 Å². The van der Waals surface area contributed by atoms with Crippen LogP contribution in [-0.4, -0.2) is 30.1 Å². The third-order valence-electron chi connectivity index (χ3n) is 7.11. The van der Waals surface area contributed by atoms with Crippen LogP contribution in [0.3, 0.4) is 0 Å². The molecular weight excluding hydrogens is 647 g/mol. The lowest BCUT2D eigenvalue weighted by atomic mass is 9.97. The van der Waals surface area contributed by atoms with E-state index in [2.05, 4.69) is 10.1 Å². The van der Waals surface area contributed by atoms with Crippen LogP contribution in [-0.2, 0) is 45.9 Å². The average Bonchev–Trinajstić information content (AvgIpc) is 3.28. The lowest BCUT2D eigenvalue weighted by molar-refractivity contribution is -0.143. The maximum absolute atomic E-state index is 13.3. The van der Waals surface area contributed by atoms with Crippen LogP contribution < -0.4 is 5.32 Å². The topological polar surface area (TPSA) is 67.9 Å². The van der Waals surface area contributed by atoms with Gasteiger partial charge in [0.2, 0.25) is 0 Å². The Bertz CT molecular complexity index is 1460. The van der Waals surface area contributed by atoms with Gasteiger partial charge in [-0.2, -0.15) is 39.5 Å². The van der Waals surface area contributed by atoms with Gasteiger partial charge in [-0.3, -0.25) is 9.69 Å². The summed E-state index contributed by atoms with van der Waals surface area (Å²) in [7, 11) is 0. The standard InChI is InChI=1S/C24H23F9N2O2.C8H8O2/c1-3-4-7-34-19-6-5-16(22(25,26)27)10-15(19)12-35-13(2)20(37-21(35)36)14-8-17(23(28,29)30)11-18(9-14)24(31,32)33;9-7-10-6-8-4-2-1-3-5-8/h5-6,8-11,13,20,34H,3-4,7,12H2,1-2H3;1-5,7H,6H2. The highest BCUT2D eigenvalue weighted by molar-refractivity contribution is 5.71. The smallest absolute Gasteiger partial charge is 0.416 e. The Hall–Kier alpha value is -4.43. The molecule has 1 saturated heterocycles. The maximum atomic E-state index is 13.3. The fourth-order valence-electron chi connectivity index (χ4n) is 4.66. The Balaban J connectivity index is 0.000000511. The lowest BCUT2D eigenvalue weighted by Crippen LogP contribution is -2.32. The SMILES string of the molecule is CCCCNc1ccc(C(F)(F)F)cc1CN1C(=O)OC(c2cc(C(F)(F)F)cc(C(F)(F)F)c2)C1C.O=COCc1ccccc1. The van der Waals surface area contributed by atoms with Crippen LogP contribution in [0.15, 0.2) is 66.7 Å². The van der Waals surface area contributed by atoms with Crippen molar-refractivity contribution in [2.45, 2.75) is 70.5 Å². The van der Waals surface area contributed by atoms with Gasteiger partial charge in [-0.25, -0.2) is 4.79 Å². The van der Waals surface area contributed by atoms with Crippen molar-refractivity contribution in [3.05, 3.63) is 100 Å². The molecule has 0 spiro atoms. The van der Waals surface area contributed by atoms with E-state index in [9.17, 15) is 49.1 Å². The number of nitrogens with one attached hydrogen (secondary N) is 1. The summed E-state index contributed by atoms with van der Waals surface area (Å²) in [6, 6.07) is 12.3. The molecule has 0 aromatic heterocycles. The number of hydrogen-bond acceptors (Lipinski definition) is 5. The first kappa shape index (κ1) is 37.0. The zero-order valence-electron chi connectivity index (χ0n) is 25.1. The number of ether oxygens (including phenoxy) is 2. The number of alkyl halides is 9. The van der Waals surface area contributed by atoms with Crippen molar-refractivity contribution >= 4 is 18.3 Å². The van der Waals surface area contributed by atoms with Gasteiger partial charge in [-0.05, 0) is 66.4 Å². The van der Waals surface area contributed by atoms with E-state index in [-0.39, 0.29) is 11.6 Å². The summed E-state index contributed by atoms with van der Waals surface area (Å²) in [6.45, 7) is 4.08. The molecule has 2 atom stereocenters. The average molecular weight is 679 g/mol. The molecule has 2 unspecified atom stereocenters. The van der Waals surface area contributed by atoms with Gasteiger partial charge in [0.1, 0.15) is 12.7 Å². The summed E-state index contributed by atoms with van der Waals surface area (Å²) in [6.07, 6.45) is -16.0. The second-order valence-electron chi connectivity index (χ2n) is 10.6. The number of amides is 1. The molecule has 1 N–H and O–H groups in total. The minimum Gasteiger partial charge on any atom is -0.463 e. The zero-order valence-corrected chi connectivity index (χ0v) is 25.1. The highest BCUT2D eigenvalue weighted by Crippen LogP contribution is 2.41. The second-order valence-corrected chi connectivity index (χ2v) is 10.6. The first-order valence-electron chi connectivity index (χ1n) is 14.3. The van der Waals surface area contributed by atoms with Crippen LogP contribution >= 0.6 is 0 Å². The predicted molar refractivity (Wildman–Crippen MR) is 153 cm³/mol. The molecule has 1 heterocycles. The number of carbonyl (C=O) groups excluding carboxylic acids is 2. The monoisotopic (exact) mass is 678 g/mol. The molecule has 3 aromatic carbocycles. The lowest BCUT2D eigenvalue weighted by Gasteiger charge is -2.24. The van der Waals surface area contributed by atoms with Crippen LogP contribution in [0.5, 0.6) is 0 Å². The number of unbranched alkanes of at least 4 members (excludes halogenated alkanes) is 1. The third-order valence-corrected chi connectivity index (χ3v) is 7.11. The van der Waals surface area contributed by atoms with Crippen LogP contribution in [0.25, 0.3) is 0 Å². The number of nitrogens with zero attached hydrogens (tertiary/aromatic N) is 1. The minimum absolute atomic E-state index is 0.0421. The fraction of sp³-hybridized carbons (Fsp3) is 0.375. The van der Waals surface area contributed by atoms with Crippen molar-refractivity contribution < 1.29 is 58.6 Å². The van der Waals surface area contributed by atoms with E-state index >= 15 is 0 Å². The molecular formula is C32H31F9N2O4. The van der Waals surface area contributed by atoms with Crippen LogP contribution in [0.1, 0.15) is 66.2 Å². The number of anilines is 1. The van der Waals surface area contributed by atoms with E-state index in [0.717, 1.165) is 29.0 Å². The summed E-state index contributed by atoms with van der Waals surface area (Å²) < 4.78 is 129. The van der Waals surface area contributed by atoms with Gasteiger partial charge in [0.05, 0.1) is 29.3 Å². The molecule has 1 aliphatic rings. The Morgan fingerprint density at radius 3 is 1.98 bits per heavy atom. The largest absolute Gasteiger partial charge is 0.463 e. The van der Waals surface area contributed by atoms with E-state index in [1.54, 1.807) is 0 Å². The van der Waals surface area contributed by atoms with Gasteiger partial charge in [-0.1, -0.05) is 43.7 Å². The molecule has 256 valence electrons. The number of benzene rings is 3. The van der Waals surface area contributed by atoms with Crippen molar-refractivity contribution in [2.24, 2.45) is 0 Å². The Labute approximate surface area is 264 Å². The van der Waals surface area contributed by atoms with Crippen molar-refractivity contribution in [1.29, 1.82) is 0 Å². The number of carbonyl (C=O) groups is 2. The van der Waals surface area contributed by atoms with Crippen LogP contribution in [0.2, 0.25) is 0 Å². The van der Waals surface area contributed by atoms with E-state index in [1.807, 2.05) is 37.3 Å².